The predicted molar refractivity (Wildman–Crippen MR) is 112 cm³/mol. The topological polar surface area (TPSA) is 72.6 Å². The van der Waals surface area contributed by atoms with Crippen LogP contribution >= 0.6 is 0 Å². The van der Waals surface area contributed by atoms with Crippen molar-refractivity contribution in [2.75, 3.05) is 26.8 Å². The molecule has 1 unspecified atom stereocenters. The standard InChI is InChI=1S/C23H27N5O2/c1-15-5-3-4-6-20(15)17-9-18-13-27(14-19(18)10-17)22(29)21-25-23-24-11-16(7-8-30-2)12-28(23)26-21/h3-6,11-12,17-19H,7-10,13-14H2,1-2H3/t17?,18-,19+. The van der Waals surface area contributed by atoms with Gasteiger partial charge in [-0.05, 0) is 60.6 Å². The van der Waals surface area contributed by atoms with E-state index in [1.165, 1.54) is 11.1 Å². The minimum Gasteiger partial charge on any atom is -0.384 e. The van der Waals surface area contributed by atoms with Gasteiger partial charge in [-0.3, -0.25) is 4.79 Å². The third-order valence-electron chi connectivity index (χ3n) is 6.70. The Hall–Kier alpha value is -2.80. The number of ether oxygens (including phenoxy) is 1. The minimum absolute atomic E-state index is 0.0826. The molecule has 3 atom stereocenters. The number of hydrogen-bond donors (Lipinski definition) is 0. The molecule has 0 radical (unpaired) electrons. The number of hydrogen-bond acceptors (Lipinski definition) is 5. The SMILES string of the molecule is COCCc1cnc2nc(C(=O)N3C[C@H]4CC(c5ccccc5C)C[C@H]4C3)nn2c1. The van der Waals surface area contributed by atoms with Crippen LogP contribution in [0.25, 0.3) is 5.78 Å². The van der Waals surface area contributed by atoms with E-state index in [0.29, 0.717) is 30.1 Å². The van der Waals surface area contributed by atoms with Crippen molar-refractivity contribution in [1.82, 2.24) is 24.5 Å². The molecule has 7 heteroatoms. The van der Waals surface area contributed by atoms with E-state index >= 15 is 0 Å². The number of benzene rings is 1. The normalized spacial score (nSPS) is 23.3. The number of carbonyl (C=O) groups excluding carboxylic acids is 1. The number of amides is 1. The Balaban J connectivity index is 1.27. The molecule has 1 aliphatic carbocycles. The number of rotatable bonds is 5. The second-order valence-electron chi connectivity index (χ2n) is 8.64. The summed E-state index contributed by atoms with van der Waals surface area (Å²) in [5.41, 5.74) is 3.86. The second-order valence-corrected chi connectivity index (χ2v) is 8.64. The molecule has 1 aromatic carbocycles. The van der Waals surface area contributed by atoms with E-state index in [0.717, 1.165) is 37.9 Å². The maximum absolute atomic E-state index is 13.1. The Morgan fingerprint density at radius 3 is 2.70 bits per heavy atom. The number of likely N-dealkylation sites (tertiary alicyclic amines) is 1. The first-order chi connectivity index (χ1) is 14.6. The molecule has 2 aromatic heterocycles. The van der Waals surface area contributed by atoms with Gasteiger partial charge in [0.05, 0.1) is 6.61 Å². The van der Waals surface area contributed by atoms with Gasteiger partial charge in [0.2, 0.25) is 5.82 Å². The minimum atomic E-state index is -0.0826. The molecule has 1 saturated carbocycles. The molecule has 5 rings (SSSR count). The molecule has 1 saturated heterocycles. The number of aromatic nitrogens is 4. The zero-order chi connectivity index (χ0) is 20.7. The summed E-state index contributed by atoms with van der Waals surface area (Å²) in [4.78, 5) is 23.7. The first-order valence-electron chi connectivity index (χ1n) is 10.7. The van der Waals surface area contributed by atoms with Crippen LogP contribution in [0, 0.1) is 18.8 Å². The lowest BCUT2D eigenvalue weighted by Gasteiger charge is -2.19. The van der Waals surface area contributed by atoms with Crippen molar-refractivity contribution in [1.29, 1.82) is 0 Å². The monoisotopic (exact) mass is 405 g/mol. The van der Waals surface area contributed by atoms with E-state index in [4.69, 9.17) is 4.74 Å². The van der Waals surface area contributed by atoms with Crippen molar-refractivity contribution in [3.63, 3.8) is 0 Å². The number of methoxy groups -OCH3 is 1. The van der Waals surface area contributed by atoms with Crippen molar-refractivity contribution in [3.8, 4) is 0 Å². The maximum atomic E-state index is 13.1. The van der Waals surface area contributed by atoms with Gasteiger partial charge in [0.25, 0.3) is 11.7 Å². The van der Waals surface area contributed by atoms with Gasteiger partial charge in [-0.2, -0.15) is 4.98 Å². The van der Waals surface area contributed by atoms with E-state index in [1.807, 2.05) is 11.1 Å². The summed E-state index contributed by atoms with van der Waals surface area (Å²) in [6.45, 7) is 4.42. The highest BCUT2D eigenvalue weighted by Gasteiger charge is 2.43. The Bertz CT molecular complexity index is 1060. The van der Waals surface area contributed by atoms with Crippen LogP contribution in [0.5, 0.6) is 0 Å². The Morgan fingerprint density at radius 2 is 1.97 bits per heavy atom. The van der Waals surface area contributed by atoms with Gasteiger partial charge in [-0.25, -0.2) is 9.50 Å². The summed E-state index contributed by atoms with van der Waals surface area (Å²) in [5, 5.41) is 4.41. The van der Waals surface area contributed by atoms with Crippen molar-refractivity contribution >= 4 is 11.7 Å². The van der Waals surface area contributed by atoms with Crippen LogP contribution in [0.4, 0.5) is 0 Å². The lowest BCUT2D eigenvalue weighted by molar-refractivity contribution is 0.0768. The Kier molecular flexibility index (Phi) is 4.98. The number of aryl methyl sites for hydroxylation is 1. The molecule has 7 nitrogen and oxygen atoms in total. The fraction of sp³-hybridized carbons (Fsp3) is 0.478. The molecule has 3 heterocycles. The van der Waals surface area contributed by atoms with Crippen LogP contribution in [0.15, 0.2) is 36.7 Å². The van der Waals surface area contributed by atoms with Crippen molar-refractivity contribution in [3.05, 3.63) is 59.2 Å². The van der Waals surface area contributed by atoms with Crippen LogP contribution in [0.3, 0.4) is 0 Å². The highest BCUT2D eigenvalue weighted by molar-refractivity contribution is 5.91. The molecule has 1 amide bonds. The van der Waals surface area contributed by atoms with Crippen LogP contribution in [-0.4, -0.2) is 57.2 Å². The summed E-state index contributed by atoms with van der Waals surface area (Å²) < 4.78 is 6.71. The van der Waals surface area contributed by atoms with Gasteiger partial charge in [0.1, 0.15) is 0 Å². The third-order valence-corrected chi connectivity index (χ3v) is 6.70. The zero-order valence-corrected chi connectivity index (χ0v) is 17.5. The smallest absolute Gasteiger partial charge is 0.293 e. The predicted octanol–water partition coefficient (Wildman–Crippen LogP) is 2.89. The Morgan fingerprint density at radius 1 is 1.20 bits per heavy atom. The molecule has 3 aromatic rings. The van der Waals surface area contributed by atoms with Gasteiger partial charge in [-0.1, -0.05) is 24.3 Å². The van der Waals surface area contributed by atoms with E-state index < -0.39 is 0 Å². The van der Waals surface area contributed by atoms with Crippen LogP contribution < -0.4 is 0 Å². The largest absolute Gasteiger partial charge is 0.384 e. The van der Waals surface area contributed by atoms with Crippen molar-refractivity contribution in [2.24, 2.45) is 11.8 Å². The molecular formula is C23H27N5O2. The summed E-state index contributed by atoms with van der Waals surface area (Å²) in [6.07, 6.45) is 6.70. The molecule has 1 aliphatic heterocycles. The highest BCUT2D eigenvalue weighted by Crippen LogP contribution is 2.47. The molecule has 0 spiro atoms. The fourth-order valence-corrected chi connectivity index (χ4v) is 5.17. The molecular weight excluding hydrogens is 378 g/mol. The van der Waals surface area contributed by atoms with Gasteiger partial charge < -0.3 is 9.64 Å². The third kappa shape index (κ3) is 3.47. The zero-order valence-electron chi connectivity index (χ0n) is 17.5. The number of fused-ring (bicyclic) bond motifs is 2. The van der Waals surface area contributed by atoms with Gasteiger partial charge in [0, 0.05) is 32.6 Å². The van der Waals surface area contributed by atoms with Gasteiger partial charge in [0.15, 0.2) is 0 Å². The number of carbonyl (C=O) groups is 1. The summed E-state index contributed by atoms with van der Waals surface area (Å²) in [5.74, 6) is 2.35. The van der Waals surface area contributed by atoms with Gasteiger partial charge >= 0.3 is 0 Å². The van der Waals surface area contributed by atoms with E-state index in [9.17, 15) is 4.79 Å². The molecule has 0 N–H and O–H groups in total. The average Bonchev–Trinajstić information content (AvgIpc) is 3.44. The van der Waals surface area contributed by atoms with Crippen LogP contribution in [-0.2, 0) is 11.2 Å². The van der Waals surface area contributed by atoms with E-state index in [2.05, 4.69) is 46.3 Å². The Labute approximate surface area is 176 Å². The average molecular weight is 406 g/mol. The van der Waals surface area contributed by atoms with E-state index in [1.54, 1.807) is 17.8 Å². The van der Waals surface area contributed by atoms with Crippen LogP contribution in [0.1, 0.15) is 46.1 Å². The van der Waals surface area contributed by atoms with Crippen molar-refractivity contribution in [2.45, 2.75) is 32.1 Å². The molecule has 156 valence electrons. The molecule has 2 fully saturated rings. The number of nitrogens with zero attached hydrogens (tertiary/aromatic N) is 5. The fourth-order valence-electron chi connectivity index (χ4n) is 5.17. The molecule has 2 aliphatic rings. The maximum Gasteiger partial charge on any atom is 0.293 e. The van der Waals surface area contributed by atoms with Crippen molar-refractivity contribution < 1.29 is 9.53 Å². The summed E-state index contributed by atoms with van der Waals surface area (Å²) >= 11 is 0. The molecule has 0 bridgehead atoms. The lowest BCUT2D eigenvalue weighted by atomic mass is 9.92. The first-order valence-corrected chi connectivity index (χ1v) is 10.7. The van der Waals surface area contributed by atoms with E-state index in [-0.39, 0.29) is 11.7 Å². The summed E-state index contributed by atoms with van der Waals surface area (Å²) in [6, 6.07) is 8.70. The first kappa shape index (κ1) is 19.2. The highest BCUT2D eigenvalue weighted by atomic mass is 16.5. The quantitative estimate of drug-likeness (QED) is 0.653. The van der Waals surface area contributed by atoms with Gasteiger partial charge in [-0.15, -0.1) is 5.10 Å². The molecule has 30 heavy (non-hydrogen) atoms. The summed E-state index contributed by atoms with van der Waals surface area (Å²) in [7, 11) is 1.67. The lowest BCUT2D eigenvalue weighted by Crippen LogP contribution is -2.30. The van der Waals surface area contributed by atoms with Crippen LogP contribution in [0.2, 0.25) is 0 Å². The second kappa shape index (κ2) is 7.80.